The standard InChI is InChI=1S/C53H86O13/c1-6-8-10-12-14-16-18-20-22-24-26-31-37-62-46-45(55)51(36-35-40(3)44(64-42(5)54)41(4)39-43-33-29-28-30-34-43)65-47(48(56)57)52(49(58)59,53(46,66-51)50(60)61)63-38-32-27-25-23-21-19-17-15-13-11-9-7-2/h28-30,33-34,41,44-47,55H,3,6-27,31-32,35-39H2,1-2,4-5H3,(H,56,57)(H,58,59)(H,60,61)/t41-,44-,45-,46-,47-,51+,52-,53+/m1/s1. The number of hydrogen-bond donors (Lipinski definition) is 4. The highest BCUT2D eigenvalue weighted by Gasteiger charge is 2.86. The predicted molar refractivity (Wildman–Crippen MR) is 254 cm³/mol. The Kier molecular flexibility index (Phi) is 26.1. The van der Waals surface area contributed by atoms with Crippen molar-refractivity contribution in [2.24, 2.45) is 5.92 Å². The van der Waals surface area contributed by atoms with Crippen LogP contribution in [0.15, 0.2) is 42.5 Å². The lowest BCUT2D eigenvalue weighted by Gasteiger charge is -2.51. The Morgan fingerprint density at radius 1 is 0.697 bits per heavy atom. The van der Waals surface area contributed by atoms with Crippen LogP contribution in [0.3, 0.4) is 0 Å². The second-order valence-corrected chi connectivity index (χ2v) is 19.0. The summed E-state index contributed by atoms with van der Waals surface area (Å²) in [6, 6.07) is 9.60. The molecule has 8 atom stereocenters. The highest BCUT2D eigenvalue weighted by atomic mass is 16.8. The number of carbonyl (C=O) groups is 4. The molecular weight excluding hydrogens is 845 g/mol. The summed E-state index contributed by atoms with van der Waals surface area (Å²) < 4.78 is 30.4. The summed E-state index contributed by atoms with van der Waals surface area (Å²) in [5, 5.41) is 45.2. The minimum atomic E-state index is -3.16. The van der Waals surface area contributed by atoms with Crippen LogP contribution in [0.5, 0.6) is 0 Å². The molecular formula is C53H86O13. The van der Waals surface area contributed by atoms with E-state index >= 15 is 0 Å². The summed E-state index contributed by atoms with van der Waals surface area (Å²) in [5.41, 5.74) is -4.83. The van der Waals surface area contributed by atoms with Gasteiger partial charge in [0.25, 0.3) is 0 Å². The van der Waals surface area contributed by atoms with Crippen molar-refractivity contribution in [1.29, 1.82) is 0 Å². The number of carboxylic acid groups (broad SMARTS) is 3. The van der Waals surface area contributed by atoms with Crippen LogP contribution in [0, 0.1) is 5.92 Å². The van der Waals surface area contributed by atoms with E-state index < -0.39 is 65.3 Å². The molecule has 0 unspecified atom stereocenters. The number of fused-ring (bicyclic) bond motifs is 2. The third kappa shape index (κ3) is 16.1. The number of carboxylic acids is 3. The molecule has 13 nitrogen and oxygen atoms in total. The van der Waals surface area contributed by atoms with E-state index in [0.717, 1.165) is 56.9 Å². The smallest absolute Gasteiger partial charge is 0.343 e. The molecule has 0 amide bonds. The zero-order valence-corrected chi connectivity index (χ0v) is 40.9. The molecule has 0 saturated carbocycles. The van der Waals surface area contributed by atoms with Crippen LogP contribution < -0.4 is 0 Å². The highest BCUT2D eigenvalue weighted by Crippen LogP contribution is 2.57. The Morgan fingerprint density at radius 3 is 1.61 bits per heavy atom. The minimum Gasteiger partial charge on any atom is -0.479 e. The van der Waals surface area contributed by atoms with Crippen molar-refractivity contribution in [1.82, 2.24) is 0 Å². The molecule has 376 valence electrons. The monoisotopic (exact) mass is 931 g/mol. The summed E-state index contributed by atoms with van der Waals surface area (Å²) in [6.07, 6.45) is 18.3. The lowest BCUT2D eigenvalue weighted by atomic mass is 9.74. The van der Waals surface area contributed by atoms with Gasteiger partial charge in [-0.15, -0.1) is 0 Å². The Hall–Kier alpha value is -3.36. The summed E-state index contributed by atoms with van der Waals surface area (Å²) in [6.45, 7) is 11.4. The minimum absolute atomic E-state index is 0.0575. The van der Waals surface area contributed by atoms with Crippen LogP contribution in [-0.2, 0) is 49.3 Å². The maximum absolute atomic E-state index is 13.8. The van der Waals surface area contributed by atoms with Crippen molar-refractivity contribution in [2.75, 3.05) is 13.2 Å². The first-order chi connectivity index (χ1) is 31.7. The molecule has 2 saturated heterocycles. The Bertz CT molecular complexity index is 1590. The number of rotatable bonds is 39. The van der Waals surface area contributed by atoms with Crippen molar-refractivity contribution in [3.8, 4) is 0 Å². The van der Waals surface area contributed by atoms with Gasteiger partial charge in [0.2, 0.25) is 17.3 Å². The van der Waals surface area contributed by atoms with Gasteiger partial charge in [-0.05, 0) is 36.8 Å². The molecule has 0 aromatic heterocycles. The average Bonchev–Trinajstić information content (AvgIpc) is 3.49. The van der Waals surface area contributed by atoms with Crippen molar-refractivity contribution < 1.29 is 63.3 Å². The van der Waals surface area contributed by atoms with Crippen LogP contribution >= 0.6 is 0 Å². The van der Waals surface area contributed by atoms with Crippen molar-refractivity contribution in [3.63, 3.8) is 0 Å². The molecule has 2 heterocycles. The Morgan fingerprint density at radius 2 is 1.17 bits per heavy atom. The molecule has 3 rings (SSSR count). The normalized spacial score (nSPS) is 24.5. The molecule has 1 aromatic carbocycles. The second-order valence-electron chi connectivity index (χ2n) is 19.0. The fraction of sp³-hybridized carbons (Fsp3) is 0.774. The number of aliphatic hydroxyl groups is 1. The fourth-order valence-corrected chi connectivity index (χ4v) is 9.91. The molecule has 2 aliphatic heterocycles. The van der Waals surface area contributed by atoms with Crippen molar-refractivity contribution in [3.05, 3.63) is 48.0 Å². The number of ether oxygens (including phenoxy) is 5. The molecule has 2 bridgehead atoms. The van der Waals surface area contributed by atoms with Crippen LogP contribution in [0.4, 0.5) is 0 Å². The van der Waals surface area contributed by atoms with E-state index in [9.17, 15) is 39.6 Å². The van der Waals surface area contributed by atoms with E-state index in [-0.39, 0.29) is 32.0 Å². The quantitative estimate of drug-likeness (QED) is 0.0277. The number of hydrogen-bond acceptors (Lipinski definition) is 10. The zero-order chi connectivity index (χ0) is 48.4. The summed E-state index contributed by atoms with van der Waals surface area (Å²) >= 11 is 0. The number of aliphatic carboxylic acids is 3. The van der Waals surface area contributed by atoms with E-state index in [4.69, 9.17) is 23.7 Å². The van der Waals surface area contributed by atoms with Gasteiger partial charge in [0.05, 0.1) is 0 Å². The van der Waals surface area contributed by atoms with E-state index in [1.54, 1.807) is 0 Å². The predicted octanol–water partition coefficient (Wildman–Crippen LogP) is 11.2. The van der Waals surface area contributed by atoms with Gasteiger partial charge in [0, 0.05) is 32.5 Å². The maximum atomic E-state index is 13.8. The largest absolute Gasteiger partial charge is 0.479 e. The zero-order valence-electron chi connectivity index (χ0n) is 40.9. The first-order valence-electron chi connectivity index (χ1n) is 25.6. The van der Waals surface area contributed by atoms with Gasteiger partial charge >= 0.3 is 23.9 Å². The SMILES string of the molecule is C=C(CC[C@]12O[C@H](C(=O)O)[C@@](OCCCCCCCCCCCCCC)(C(=O)O)[C@](C(=O)O)(O1)[C@H](OCCCCCCCCCCCCCC)[C@H]2O)[C@@H](OC(C)=O)[C@H](C)Cc1ccccc1. The van der Waals surface area contributed by atoms with Gasteiger partial charge in [-0.3, -0.25) is 4.79 Å². The van der Waals surface area contributed by atoms with Gasteiger partial charge in [0.1, 0.15) is 18.3 Å². The van der Waals surface area contributed by atoms with Crippen LogP contribution in [0.2, 0.25) is 0 Å². The molecule has 4 N–H and O–H groups in total. The van der Waals surface area contributed by atoms with Crippen LogP contribution in [-0.4, -0.2) is 98.9 Å². The second kappa shape index (κ2) is 30.2. The molecule has 66 heavy (non-hydrogen) atoms. The van der Waals surface area contributed by atoms with Gasteiger partial charge in [0.15, 0.2) is 5.79 Å². The fourth-order valence-electron chi connectivity index (χ4n) is 9.91. The van der Waals surface area contributed by atoms with Crippen LogP contribution in [0.1, 0.15) is 200 Å². The molecule has 0 spiro atoms. The van der Waals surface area contributed by atoms with Crippen molar-refractivity contribution >= 4 is 23.9 Å². The third-order valence-corrected chi connectivity index (χ3v) is 13.6. The van der Waals surface area contributed by atoms with E-state index in [0.29, 0.717) is 31.3 Å². The average molecular weight is 931 g/mol. The third-order valence-electron chi connectivity index (χ3n) is 13.6. The lowest BCUT2D eigenvalue weighted by Crippen LogP contribution is -2.79. The molecule has 1 aromatic rings. The maximum Gasteiger partial charge on any atom is 0.343 e. The number of carbonyl (C=O) groups excluding carboxylic acids is 1. The molecule has 0 radical (unpaired) electrons. The van der Waals surface area contributed by atoms with Crippen LogP contribution in [0.25, 0.3) is 0 Å². The molecule has 2 aliphatic rings. The van der Waals surface area contributed by atoms with E-state index in [2.05, 4.69) is 20.4 Å². The molecule has 0 aliphatic carbocycles. The Balaban J connectivity index is 1.82. The summed E-state index contributed by atoms with van der Waals surface area (Å²) in [4.78, 5) is 53.1. The first-order valence-corrected chi connectivity index (χ1v) is 25.6. The van der Waals surface area contributed by atoms with Gasteiger partial charge in [-0.2, -0.15) is 0 Å². The number of unbranched alkanes of at least 4 members (excludes halogenated alkanes) is 22. The lowest BCUT2D eigenvalue weighted by molar-refractivity contribution is -0.380. The number of esters is 1. The highest BCUT2D eigenvalue weighted by molar-refractivity contribution is 5.98. The molecule has 13 heteroatoms. The number of benzene rings is 1. The van der Waals surface area contributed by atoms with Gasteiger partial charge in [-0.1, -0.05) is 199 Å². The van der Waals surface area contributed by atoms with Gasteiger partial charge in [-0.25, -0.2) is 14.4 Å². The van der Waals surface area contributed by atoms with E-state index in [1.165, 1.54) is 90.4 Å². The van der Waals surface area contributed by atoms with E-state index in [1.807, 2.05) is 37.3 Å². The first kappa shape index (κ1) is 57.0. The van der Waals surface area contributed by atoms with Crippen molar-refractivity contribution in [2.45, 2.75) is 242 Å². The summed E-state index contributed by atoms with van der Waals surface area (Å²) in [7, 11) is 0. The topological polar surface area (TPSA) is 195 Å². The summed E-state index contributed by atoms with van der Waals surface area (Å²) in [5.74, 6) is -8.79. The number of aliphatic hydroxyl groups excluding tert-OH is 1. The van der Waals surface area contributed by atoms with Gasteiger partial charge < -0.3 is 44.1 Å². The Labute approximate surface area is 395 Å². The molecule has 2 fully saturated rings.